The van der Waals surface area contributed by atoms with Gasteiger partial charge in [0.2, 0.25) is 0 Å². The van der Waals surface area contributed by atoms with Gasteiger partial charge in [0.15, 0.2) is 0 Å². The number of rotatable bonds is 3. The Morgan fingerprint density at radius 3 is 2.21 bits per heavy atom. The molecule has 0 aliphatic heterocycles. The van der Waals surface area contributed by atoms with E-state index in [1.807, 2.05) is 12.1 Å². The summed E-state index contributed by atoms with van der Waals surface area (Å²) in [6, 6.07) is 6.78. The maximum atomic E-state index is 12.7. The first-order chi connectivity index (χ1) is 6.42. The number of hydrogen-bond acceptors (Lipinski definition) is 0. The van der Waals surface area contributed by atoms with Crippen LogP contribution < -0.4 is 0 Å². The van der Waals surface area contributed by atoms with E-state index in [0.29, 0.717) is 4.83 Å². The Hall–Kier alpha value is -0.370. The third-order valence-corrected chi connectivity index (χ3v) is 2.74. The summed E-state index contributed by atoms with van der Waals surface area (Å²) in [4.78, 5) is 0.475. The predicted octanol–water partition coefficient (Wildman–Crippen LogP) is 4.28. The van der Waals surface area contributed by atoms with Gasteiger partial charge >= 0.3 is 0 Å². The molecule has 14 heavy (non-hydrogen) atoms. The largest absolute Gasteiger partial charge is 0.207 e. The molecule has 0 nitrogen and oxygen atoms in total. The van der Waals surface area contributed by atoms with Gasteiger partial charge < -0.3 is 0 Å². The first-order valence-corrected chi connectivity index (χ1v) is 5.73. The summed E-state index contributed by atoms with van der Waals surface area (Å²) in [6.07, 6.45) is 1.04. The monoisotopic (exact) mass is 258 g/mol. The van der Waals surface area contributed by atoms with Crippen LogP contribution in [0.5, 0.6) is 0 Å². The molecule has 1 unspecified atom stereocenters. The van der Waals surface area contributed by atoms with Gasteiger partial charge in [0.05, 0.1) is 0 Å². The topological polar surface area (TPSA) is 0 Å². The van der Waals surface area contributed by atoms with Crippen LogP contribution in [0.2, 0.25) is 0 Å². The highest BCUT2D eigenvalue weighted by atomic mass is 79.9. The van der Waals surface area contributed by atoms with Crippen LogP contribution in [0.25, 0.3) is 0 Å². The quantitative estimate of drug-likeness (QED) is 0.711. The average Bonchev–Trinajstić information content (AvgIpc) is 2.02. The molecule has 0 saturated heterocycles. The highest BCUT2D eigenvalue weighted by molar-refractivity contribution is 9.09. The van der Waals surface area contributed by atoms with Crippen LogP contribution in [0.15, 0.2) is 24.3 Å². The summed E-state index contributed by atoms with van der Waals surface area (Å²) in [5, 5.41) is 0. The van der Waals surface area contributed by atoms with Crippen LogP contribution in [0.3, 0.4) is 0 Å². The van der Waals surface area contributed by atoms with Gasteiger partial charge in [-0.15, -0.1) is 0 Å². The molecule has 1 aromatic rings. The fourth-order valence-electron chi connectivity index (χ4n) is 1.72. The molecule has 1 aromatic carbocycles. The molecule has 1 rings (SSSR count). The molecule has 0 bridgehead atoms. The van der Waals surface area contributed by atoms with E-state index in [0.717, 1.165) is 6.42 Å². The van der Waals surface area contributed by atoms with Crippen molar-refractivity contribution in [3.8, 4) is 0 Å². The molecule has 0 radical (unpaired) electrons. The van der Waals surface area contributed by atoms with Crippen LogP contribution in [-0.2, 0) is 5.41 Å². The Morgan fingerprint density at radius 1 is 1.29 bits per heavy atom. The fraction of sp³-hybridized carbons (Fsp3) is 0.500. The molecular weight excluding hydrogens is 243 g/mol. The van der Waals surface area contributed by atoms with E-state index in [1.165, 1.54) is 17.7 Å². The molecule has 0 aliphatic carbocycles. The van der Waals surface area contributed by atoms with E-state index in [9.17, 15) is 4.39 Å². The molecular formula is C12H16BrF. The average molecular weight is 259 g/mol. The van der Waals surface area contributed by atoms with Gasteiger partial charge in [-0.25, -0.2) is 4.39 Å². The van der Waals surface area contributed by atoms with Crippen LogP contribution in [0.4, 0.5) is 4.39 Å². The molecule has 1 atom stereocenters. The SMILES string of the molecule is CC(Br)CC(C)(C)c1ccc(F)cc1. The van der Waals surface area contributed by atoms with Crippen molar-refractivity contribution < 1.29 is 4.39 Å². The summed E-state index contributed by atoms with van der Waals surface area (Å²) >= 11 is 3.55. The zero-order valence-electron chi connectivity index (χ0n) is 8.85. The van der Waals surface area contributed by atoms with Crippen molar-refractivity contribution in [2.24, 2.45) is 0 Å². The Labute approximate surface area is 93.7 Å². The lowest BCUT2D eigenvalue weighted by Gasteiger charge is -2.26. The predicted molar refractivity (Wildman–Crippen MR) is 62.4 cm³/mol. The van der Waals surface area contributed by atoms with Crippen molar-refractivity contribution in [1.29, 1.82) is 0 Å². The molecule has 0 amide bonds. The van der Waals surface area contributed by atoms with E-state index < -0.39 is 0 Å². The van der Waals surface area contributed by atoms with E-state index >= 15 is 0 Å². The molecule has 0 aromatic heterocycles. The summed E-state index contributed by atoms with van der Waals surface area (Å²) in [5.41, 5.74) is 1.28. The summed E-state index contributed by atoms with van der Waals surface area (Å²) in [7, 11) is 0. The maximum absolute atomic E-state index is 12.7. The number of benzene rings is 1. The number of alkyl halides is 1. The van der Waals surface area contributed by atoms with Gasteiger partial charge in [0.25, 0.3) is 0 Å². The summed E-state index contributed by atoms with van der Waals surface area (Å²) < 4.78 is 12.7. The molecule has 0 spiro atoms. The zero-order valence-corrected chi connectivity index (χ0v) is 10.4. The minimum Gasteiger partial charge on any atom is -0.207 e. The molecule has 0 N–H and O–H groups in total. The van der Waals surface area contributed by atoms with Gasteiger partial charge in [-0.05, 0) is 29.5 Å². The van der Waals surface area contributed by atoms with E-state index in [-0.39, 0.29) is 11.2 Å². The normalized spacial score (nSPS) is 14.1. The van der Waals surface area contributed by atoms with Crippen LogP contribution in [-0.4, -0.2) is 4.83 Å². The fourth-order valence-corrected chi connectivity index (χ4v) is 2.53. The van der Waals surface area contributed by atoms with Crippen molar-refractivity contribution in [2.75, 3.05) is 0 Å². The summed E-state index contributed by atoms with van der Waals surface area (Å²) in [5.74, 6) is -0.170. The van der Waals surface area contributed by atoms with E-state index in [1.54, 1.807) is 0 Å². The lowest BCUT2D eigenvalue weighted by atomic mass is 9.81. The van der Waals surface area contributed by atoms with E-state index in [2.05, 4.69) is 36.7 Å². The smallest absolute Gasteiger partial charge is 0.123 e. The number of hydrogen-bond donors (Lipinski definition) is 0. The molecule has 2 heteroatoms. The van der Waals surface area contributed by atoms with Crippen LogP contribution >= 0.6 is 15.9 Å². The third kappa shape index (κ3) is 3.09. The van der Waals surface area contributed by atoms with Crippen molar-refractivity contribution >= 4 is 15.9 Å². The van der Waals surface area contributed by atoms with E-state index in [4.69, 9.17) is 0 Å². The van der Waals surface area contributed by atoms with Crippen LogP contribution in [0, 0.1) is 5.82 Å². The van der Waals surface area contributed by atoms with Crippen molar-refractivity contribution in [3.63, 3.8) is 0 Å². The second-order valence-corrected chi connectivity index (χ2v) is 5.94. The minimum absolute atomic E-state index is 0.0939. The van der Waals surface area contributed by atoms with Crippen LogP contribution in [0.1, 0.15) is 32.8 Å². The molecule has 0 fully saturated rings. The highest BCUT2D eigenvalue weighted by Gasteiger charge is 2.22. The lowest BCUT2D eigenvalue weighted by molar-refractivity contribution is 0.481. The van der Waals surface area contributed by atoms with Gasteiger partial charge in [-0.3, -0.25) is 0 Å². The Bertz CT molecular complexity index is 288. The van der Waals surface area contributed by atoms with Gasteiger partial charge in [0, 0.05) is 4.83 Å². The Balaban J connectivity index is 2.86. The van der Waals surface area contributed by atoms with Crippen molar-refractivity contribution in [1.82, 2.24) is 0 Å². The molecule has 0 aliphatic rings. The zero-order chi connectivity index (χ0) is 10.8. The molecule has 78 valence electrons. The van der Waals surface area contributed by atoms with Crippen molar-refractivity contribution in [2.45, 2.75) is 37.4 Å². The number of halogens is 2. The third-order valence-electron chi connectivity index (χ3n) is 2.42. The Kier molecular flexibility index (Phi) is 3.71. The van der Waals surface area contributed by atoms with Gasteiger partial charge in [0.1, 0.15) is 5.82 Å². The van der Waals surface area contributed by atoms with Gasteiger partial charge in [-0.1, -0.05) is 48.8 Å². The summed E-state index contributed by atoms with van der Waals surface area (Å²) in [6.45, 7) is 6.49. The minimum atomic E-state index is -0.170. The first kappa shape index (κ1) is 11.7. The lowest BCUT2D eigenvalue weighted by Crippen LogP contribution is -2.20. The second kappa shape index (κ2) is 4.43. The maximum Gasteiger partial charge on any atom is 0.123 e. The molecule has 0 heterocycles. The van der Waals surface area contributed by atoms with Crippen molar-refractivity contribution in [3.05, 3.63) is 35.6 Å². The molecule has 0 saturated carbocycles. The highest BCUT2D eigenvalue weighted by Crippen LogP contribution is 2.30. The second-order valence-electron chi connectivity index (χ2n) is 4.38. The standard InChI is InChI=1S/C12H16BrF/c1-9(13)8-12(2,3)10-4-6-11(14)7-5-10/h4-7,9H,8H2,1-3H3. The van der Waals surface area contributed by atoms with Gasteiger partial charge in [-0.2, -0.15) is 0 Å². The first-order valence-electron chi connectivity index (χ1n) is 4.82. The Morgan fingerprint density at radius 2 is 1.79 bits per heavy atom.